The summed E-state index contributed by atoms with van der Waals surface area (Å²) in [5.74, 6) is -0.601. The average Bonchev–Trinajstić information content (AvgIpc) is 3.60. The number of hydrogen-bond acceptors (Lipinski definition) is 4. The van der Waals surface area contributed by atoms with Crippen molar-refractivity contribution in [1.29, 1.82) is 0 Å². The average molecular weight is 707 g/mol. The van der Waals surface area contributed by atoms with Crippen LogP contribution in [0.15, 0.2) is 108 Å². The van der Waals surface area contributed by atoms with Gasteiger partial charge in [-0.3, -0.25) is 13.9 Å². The lowest BCUT2D eigenvalue weighted by atomic mass is 10.0. The highest BCUT2D eigenvalue weighted by atomic mass is 35.5. The Labute approximate surface area is 293 Å². The maximum absolute atomic E-state index is 14.7. The number of carbonyl (C=O) groups excluding carboxylic acids is 2. The molecule has 1 aliphatic carbocycles. The van der Waals surface area contributed by atoms with Gasteiger partial charge in [-0.25, -0.2) is 8.42 Å². The van der Waals surface area contributed by atoms with E-state index < -0.39 is 28.5 Å². The van der Waals surface area contributed by atoms with Crippen molar-refractivity contribution in [1.82, 2.24) is 10.2 Å². The van der Waals surface area contributed by atoms with E-state index in [-0.39, 0.29) is 35.7 Å². The summed E-state index contributed by atoms with van der Waals surface area (Å²) in [6.45, 7) is 3.54. The fourth-order valence-corrected chi connectivity index (χ4v) is 7.93. The SMILES string of the molecule is CC(C)c1ccc(N(CC(=O)N(Cc2ccc(Cl)cc2Cl)[C@@H](Cc2ccccc2)C(=O)NC2CCCC2)S(=O)(=O)c2ccccc2)cc1. The number of amides is 2. The summed E-state index contributed by atoms with van der Waals surface area (Å²) in [6.07, 6.45) is 4.02. The quantitative estimate of drug-likeness (QED) is 0.153. The number of rotatable bonds is 13. The van der Waals surface area contributed by atoms with E-state index in [2.05, 4.69) is 19.2 Å². The second-order valence-corrected chi connectivity index (χ2v) is 15.2. The largest absolute Gasteiger partial charge is 0.352 e. The molecule has 0 radical (unpaired) electrons. The number of carbonyl (C=O) groups is 2. The van der Waals surface area contributed by atoms with Crippen molar-refractivity contribution in [2.24, 2.45) is 0 Å². The van der Waals surface area contributed by atoms with Crippen LogP contribution >= 0.6 is 23.2 Å². The number of nitrogens with zero attached hydrogens (tertiary/aromatic N) is 2. The van der Waals surface area contributed by atoms with Gasteiger partial charge >= 0.3 is 0 Å². The van der Waals surface area contributed by atoms with Gasteiger partial charge in [0.2, 0.25) is 11.8 Å². The van der Waals surface area contributed by atoms with E-state index in [1.54, 1.807) is 48.5 Å². The zero-order valence-corrected chi connectivity index (χ0v) is 29.5. The van der Waals surface area contributed by atoms with Gasteiger partial charge in [-0.1, -0.05) is 117 Å². The summed E-state index contributed by atoms with van der Waals surface area (Å²) in [7, 11) is -4.18. The first-order chi connectivity index (χ1) is 23.0. The molecule has 48 heavy (non-hydrogen) atoms. The van der Waals surface area contributed by atoms with Gasteiger partial charge in [-0.2, -0.15) is 0 Å². The topological polar surface area (TPSA) is 86.8 Å². The van der Waals surface area contributed by atoms with E-state index in [9.17, 15) is 18.0 Å². The van der Waals surface area contributed by atoms with Crippen LogP contribution in [0.2, 0.25) is 10.0 Å². The lowest BCUT2D eigenvalue weighted by Gasteiger charge is -2.34. The molecule has 1 atom stereocenters. The minimum Gasteiger partial charge on any atom is -0.352 e. The zero-order chi connectivity index (χ0) is 34.3. The van der Waals surface area contributed by atoms with Crippen LogP contribution in [-0.2, 0) is 32.6 Å². The van der Waals surface area contributed by atoms with Crippen LogP contribution in [0.1, 0.15) is 62.1 Å². The van der Waals surface area contributed by atoms with Gasteiger partial charge in [-0.05, 0) is 71.8 Å². The molecule has 252 valence electrons. The standard InChI is InChI=1S/C38H41Cl2N3O4S/c1-27(2)29-18-21-33(22-19-29)43(48(46,47)34-15-7-4-8-16-34)26-37(44)42(25-30-17-20-31(39)24-35(30)40)36(23-28-11-5-3-6-12-28)38(45)41-32-13-9-10-14-32/h3-8,11-12,15-22,24,27,32,36H,9-10,13-14,23,25-26H2,1-2H3,(H,41,45)/t36-/m0/s1. The molecule has 0 spiro atoms. The fraction of sp³-hybridized carbons (Fsp3) is 0.316. The molecule has 0 aromatic heterocycles. The molecule has 7 nitrogen and oxygen atoms in total. The molecule has 1 fully saturated rings. The van der Waals surface area contributed by atoms with Gasteiger partial charge in [0.15, 0.2) is 0 Å². The Bertz CT molecular complexity index is 1800. The maximum atomic E-state index is 14.7. The minimum atomic E-state index is -4.18. The summed E-state index contributed by atoms with van der Waals surface area (Å²) in [4.78, 5) is 30.4. The van der Waals surface area contributed by atoms with Crippen LogP contribution in [0, 0.1) is 0 Å². The number of benzene rings is 4. The lowest BCUT2D eigenvalue weighted by Crippen LogP contribution is -2.54. The number of halogens is 2. The summed E-state index contributed by atoms with van der Waals surface area (Å²) in [6, 6.07) is 28.8. The molecule has 4 aromatic carbocycles. The number of hydrogen-bond donors (Lipinski definition) is 1. The van der Waals surface area contributed by atoms with Crippen molar-refractivity contribution in [2.45, 2.75) is 75.4 Å². The second-order valence-electron chi connectivity index (χ2n) is 12.5. The van der Waals surface area contributed by atoms with Gasteiger partial charge in [0.05, 0.1) is 10.6 Å². The smallest absolute Gasteiger partial charge is 0.264 e. The van der Waals surface area contributed by atoms with Crippen LogP contribution in [0.4, 0.5) is 5.69 Å². The van der Waals surface area contributed by atoms with Crippen molar-refractivity contribution in [2.75, 3.05) is 10.8 Å². The number of anilines is 1. The molecular weight excluding hydrogens is 665 g/mol. The van der Waals surface area contributed by atoms with Gasteiger partial charge < -0.3 is 10.2 Å². The van der Waals surface area contributed by atoms with E-state index in [4.69, 9.17) is 23.2 Å². The van der Waals surface area contributed by atoms with Crippen molar-refractivity contribution < 1.29 is 18.0 Å². The first kappa shape index (κ1) is 35.5. The second kappa shape index (κ2) is 16.0. The summed E-state index contributed by atoms with van der Waals surface area (Å²) >= 11 is 12.8. The molecule has 0 saturated heterocycles. The Morgan fingerprint density at radius 2 is 1.48 bits per heavy atom. The molecular formula is C38H41Cl2N3O4S. The molecule has 1 saturated carbocycles. The highest BCUT2D eigenvalue weighted by Crippen LogP contribution is 2.29. The Balaban J connectivity index is 1.58. The molecule has 0 unspecified atom stereocenters. The van der Waals surface area contributed by atoms with Crippen molar-refractivity contribution in [3.8, 4) is 0 Å². The van der Waals surface area contributed by atoms with Gasteiger partial charge in [-0.15, -0.1) is 0 Å². The summed E-state index contributed by atoms with van der Waals surface area (Å²) in [5, 5.41) is 3.96. The monoisotopic (exact) mass is 705 g/mol. The Morgan fingerprint density at radius 3 is 2.08 bits per heavy atom. The minimum absolute atomic E-state index is 0.0151. The summed E-state index contributed by atoms with van der Waals surface area (Å²) in [5.41, 5.74) is 2.82. The number of nitrogens with one attached hydrogen (secondary N) is 1. The van der Waals surface area contributed by atoms with Crippen LogP contribution < -0.4 is 9.62 Å². The normalized spacial score (nSPS) is 14.1. The highest BCUT2D eigenvalue weighted by molar-refractivity contribution is 7.92. The lowest BCUT2D eigenvalue weighted by molar-refractivity contribution is -0.140. The third-order valence-electron chi connectivity index (χ3n) is 8.79. The molecule has 5 rings (SSSR count). The molecule has 1 N–H and O–H groups in total. The van der Waals surface area contributed by atoms with Crippen molar-refractivity contribution in [3.05, 3.63) is 130 Å². The molecule has 0 bridgehead atoms. The molecule has 0 heterocycles. The van der Waals surface area contributed by atoms with Crippen LogP contribution in [0.3, 0.4) is 0 Å². The summed E-state index contributed by atoms with van der Waals surface area (Å²) < 4.78 is 29.6. The third kappa shape index (κ3) is 8.78. The van der Waals surface area contributed by atoms with Gasteiger partial charge in [0.1, 0.15) is 12.6 Å². The Hall–Kier alpha value is -3.85. The van der Waals surface area contributed by atoms with E-state index in [0.717, 1.165) is 41.1 Å². The Kier molecular flexibility index (Phi) is 11.8. The molecule has 2 amide bonds. The van der Waals surface area contributed by atoms with E-state index >= 15 is 0 Å². The van der Waals surface area contributed by atoms with E-state index in [1.165, 1.54) is 17.0 Å². The van der Waals surface area contributed by atoms with Crippen LogP contribution in [0.25, 0.3) is 0 Å². The first-order valence-electron chi connectivity index (χ1n) is 16.3. The van der Waals surface area contributed by atoms with Crippen molar-refractivity contribution in [3.63, 3.8) is 0 Å². The number of sulfonamides is 1. The maximum Gasteiger partial charge on any atom is 0.264 e. The zero-order valence-electron chi connectivity index (χ0n) is 27.2. The van der Waals surface area contributed by atoms with E-state index in [1.807, 2.05) is 42.5 Å². The molecule has 10 heteroatoms. The van der Waals surface area contributed by atoms with Gasteiger partial charge in [0.25, 0.3) is 10.0 Å². The van der Waals surface area contributed by atoms with Crippen LogP contribution in [0.5, 0.6) is 0 Å². The highest BCUT2D eigenvalue weighted by Gasteiger charge is 2.36. The predicted molar refractivity (Wildman–Crippen MR) is 193 cm³/mol. The van der Waals surface area contributed by atoms with Crippen LogP contribution in [-0.4, -0.2) is 43.8 Å². The third-order valence-corrected chi connectivity index (χ3v) is 11.2. The molecule has 4 aromatic rings. The predicted octanol–water partition coefficient (Wildman–Crippen LogP) is 8.01. The first-order valence-corrected chi connectivity index (χ1v) is 18.5. The molecule has 0 aliphatic heterocycles. The van der Waals surface area contributed by atoms with Crippen molar-refractivity contribution >= 4 is 50.7 Å². The Morgan fingerprint density at radius 1 is 0.854 bits per heavy atom. The van der Waals surface area contributed by atoms with Gasteiger partial charge in [0, 0.05) is 29.1 Å². The fourth-order valence-electron chi connectivity index (χ4n) is 6.03. The van der Waals surface area contributed by atoms with E-state index in [0.29, 0.717) is 21.3 Å². The molecule has 1 aliphatic rings.